The number of alkyl halides is 1. The van der Waals surface area contributed by atoms with E-state index in [2.05, 4.69) is 4.74 Å². The van der Waals surface area contributed by atoms with Crippen LogP contribution in [0.5, 0.6) is 0 Å². The van der Waals surface area contributed by atoms with Crippen LogP contribution in [0.15, 0.2) is 18.2 Å². The van der Waals surface area contributed by atoms with Gasteiger partial charge in [0.15, 0.2) is 0 Å². The fourth-order valence-electron chi connectivity index (χ4n) is 1.05. The van der Waals surface area contributed by atoms with Gasteiger partial charge in [-0.15, -0.1) is 11.6 Å². The number of ketones is 1. The predicted molar refractivity (Wildman–Crippen MR) is 57.0 cm³/mol. The highest BCUT2D eigenvalue weighted by molar-refractivity contribution is 6.47. The molecule has 1 unspecified atom stereocenters. The Labute approximate surface area is 101 Å². The highest BCUT2D eigenvalue weighted by atomic mass is 35.5. The van der Waals surface area contributed by atoms with Gasteiger partial charge in [0.1, 0.15) is 11.2 Å². The molecule has 0 aliphatic carbocycles. The molecule has 0 saturated heterocycles. The molecular formula is C10H7Cl2FO3. The van der Waals surface area contributed by atoms with Crippen molar-refractivity contribution in [3.63, 3.8) is 0 Å². The molecule has 0 aliphatic rings. The third-order valence-corrected chi connectivity index (χ3v) is 2.52. The topological polar surface area (TPSA) is 43.4 Å². The van der Waals surface area contributed by atoms with Crippen molar-refractivity contribution in [3.05, 3.63) is 34.6 Å². The highest BCUT2D eigenvalue weighted by Gasteiger charge is 2.27. The minimum atomic E-state index is -1.41. The molecule has 86 valence electrons. The van der Waals surface area contributed by atoms with E-state index in [0.717, 1.165) is 13.2 Å². The average molecular weight is 265 g/mol. The Morgan fingerprint density at radius 1 is 1.44 bits per heavy atom. The smallest absolute Gasteiger partial charge is 0.376 e. The van der Waals surface area contributed by atoms with E-state index in [1.165, 1.54) is 12.1 Å². The maximum absolute atomic E-state index is 13.4. The number of ether oxygens (including phenoxy) is 1. The van der Waals surface area contributed by atoms with E-state index >= 15 is 0 Å². The Morgan fingerprint density at radius 2 is 2.06 bits per heavy atom. The molecule has 0 aliphatic heterocycles. The molecule has 1 atom stereocenters. The molecule has 1 rings (SSSR count). The van der Waals surface area contributed by atoms with E-state index in [9.17, 15) is 14.0 Å². The van der Waals surface area contributed by atoms with Crippen molar-refractivity contribution in [3.8, 4) is 0 Å². The van der Waals surface area contributed by atoms with Crippen LogP contribution in [0.25, 0.3) is 0 Å². The molecule has 16 heavy (non-hydrogen) atoms. The van der Waals surface area contributed by atoms with Gasteiger partial charge in [0.05, 0.1) is 7.11 Å². The summed E-state index contributed by atoms with van der Waals surface area (Å²) in [6.45, 7) is 0. The lowest BCUT2D eigenvalue weighted by Crippen LogP contribution is -2.20. The van der Waals surface area contributed by atoms with Gasteiger partial charge < -0.3 is 4.74 Å². The molecule has 0 aromatic heterocycles. The first-order valence-corrected chi connectivity index (χ1v) is 5.00. The molecule has 0 N–H and O–H groups in total. The lowest BCUT2D eigenvalue weighted by molar-refractivity contribution is -0.151. The summed E-state index contributed by atoms with van der Waals surface area (Å²) in [4.78, 5) is 22.2. The summed E-state index contributed by atoms with van der Waals surface area (Å²) in [5.74, 6) is -2.88. The van der Waals surface area contributed by atoms with Crippen molar-refractivity contribution in [1.29, 1.82) is 0 Å². The number of esters is 1. The lowest BCUT2D eigenvalue weighted by atomic mass is 10.1. The summed E-state index contributed by atoms with van der Waals surface area (Å²) in [6, 6.07) is 3.63. The van der Waals surface area contributed by atoms with E-state index in [-0.39, 0.29) is 10.6 Å². The zero-order chi connectivity index (χ0) is 12.3. The van der Waals surface area contributed by atoms with Crippen LogP contribution in [0.1, 0.15) is 10.9 Å². The standard InChI is InChI=1S/C10H7Cl2FO3/c1-16-10(15)9(14)8(12)6-3-2-5(11)4-7(6)13/h2-4,8H,1H3. The van der Waals surface area contributed by atoms with Crippen molar-refractivity contribution in [2.75, 3.05) is 7.11 Å². The molecule has 0 heterocycles. The van der Waals surface area contributed by atoms with Gasteiger partial charge in [0.2, 0.25) is 0 Å². The number of hydrogen-bond donors (Lipinski definition) is 0. The predicted octanol–water partition coefficient (Wildman–Crippen LogP) is 2.50. The Hall–Kier alpha value is -1.13. The highest BCUT2D eigenvalue weighted by Crippen LogP contribution is 2.26. The van der Waals surface area contributed by atoms with Crippen molar-refractivity contribution in [2.24, 2.45) is 0 Å². The van der Waals surface area contributed by atoms with Crippen LogP contribution >= 0.6 is 23.2 Å². The van der Waals surface area contributed by atoms with Gasteiger partial charge >= 0.3 is 5.97 Å². The van der Waals surface area contributed by atoms with Crippen LogP contribution < -0.4 is 0 Å². The number of carbonyl (C=O) groups is 2. The first kappa shape index (κ1) is 12.9. The minimum absolute atomic E-state index is 0.110. The second-order valence-corrected chi connectivity index (χ2v) is 3.76. The first-order valence-electron chi connectivity index (χ1n) is 4.18. The van der Waals surface area contributed by atoms with E-state index in [0.29, 0.717) is 0 Å². The minimum Gasteiger partial charge on any atom is -0.463 e. The van der Waals surface area contributed by atoms with Gasteiger partial charge in [-0.05, 0) is 12.1 Å². The first-order chi connectivity index (χ1) is 7.47. The summed E-state index contributed by atoms with van der Waals surface area (Å²) in [5, 5.41) is -1.24. The van der Waals surface area contributed by atoms with Crippen molar-refractivity contribution >= 4 is 35.0 Å². The summed E-state index contributed by atoms with van der Waals surface area (Å²) in [5.41, 5.74) is -0.110. The van der Waals surface area contributed by atoms with Crippen molar-refractivity contribution in [2.45, 2.75) is 5.38 Å². The fourth-order valence-corrected chi connectivity index (χ4v) is 1.48. The molecule has 0 spiro atoms. The number of hydrogen-bond acceptors (Lipinski definition) is 3. The van der Waals surface area contributed by atoms with E-state index in [1.54, 1.807) is 0 Å². The number of carbonyl (C=O) groups excluding carboxylic acids is 2. The zero-order valence-corrected chi connectivity index (χ0v) is 9.68. The third kappa shape index (κ3) is 2.71. The van der Waals surface area contributed by atoms with Gasteiger partial charge in [0.25, 0.3) is 5.78 Å². The summed E-state index contributed by atoms with van der Waals surface area (Å²) < 4.78 is 17.6. The van der Waals surface area contributed by atoms with Gasteiger partial charge in [-0.2, -0.15) is 0 Å². The largest absolute Gasteiger partial charge is 0.463 e. The summed E-state index contributed by atoms with van der Waals surface area (Å²) in [7, 11) is 1.04. The maximum atomic E-state index is 13.4. The maximum Gasteiger partial charge on any atom is 0.376 e. The second kappa shape index (κ2) is 5.27. The summed E-state index contributed by atoms with van der Waals surface area (Å²) >= 11 is 11.2. The monoisotopic (exact) mass is 264 g/mol. The van der Waals surface area contributed by atoms with Gasteiger partial charge in [0, 0.05) is 10.6 Å². The molecule has 1 aromatic rings. The number of halogens is 3. The van der Waals surface area contributed by atoms with Gasteiger partial charge in [-0.3, -0.25) is 4.79 Å². The van der Waals surface area contributed by atoms with Gasteiger partial charge in [-0.1, -0.05) is 17.7 Å². The Kier molecular flexibility index (Phi) is 4.26. The van der Waals surface area contributed by atoms with Crippen LogP contribution in [-0.4, -0.2) is 18.9 Å². The SMILES string of the molecule is COC(=O)C(=O)C(Cl)c1ccc(Cl)cc1F. The molecule has 0 saturated carbocycles. The lowest BCUT2D eigenvalue weighted by Gasteiger charge is -2.08. The van der Waals surface area contributed by atoms with Crippen LogP contribution in [0.2, 0.25) is 5.02 Å². The quantitative estimate of drug-likeness (QED) is 0.479. The van der Waals surface area contributed by atoms with Crippen molar-refractivity contribution < 1.29 is 18.7 Å². The molecule has 0 amide bonds. The van der Waals surface area contributed by atoms with Crippen molar-refractivity contribution in [1.82, 2.24) is 0 Å². The molecule has 0 radical (unpaired) electrons. The van der Waals surface area contributed by atoms with Crippen LogP contribution in [0.3, 0.4) is 0 Å². The molecule has 1 aromatic carbocycles. The zero-order valence-electron chi connectivity index (χ0n) is 8.17. The molecule has 6 heteroatoms. The second-order valence-electron chi connectivity index (χ2n) is 2.88. The number of Topliss-reactive ketones (excluding diaryl/α,β-unsaturated/α-hetero) is 1. The number of rotatable bonds is 3. The third-order valence-electron chi connectivity index (χ3n) is 1.85. The normalized spacial score (nSPS) is 12.0. The average Bonchev–Trinajstić information content (AvgIpc) is 2.26. The molecule has 0 bridgehead atoms. The fraction of sp³-hybridized carbons (Fsp3) is 0.200. The number of methoxy groups -OCH3 is 1. The molecular weight excluding hydrogens is 258 g/mol. The Morgan fingerprint density at radius 3 is 2.56 bits per heavy atom. The van der Waals surface area contributed by atoms with E-state index in [1.807, 2.05) is 0 Å². The Bertz CT molecular complexity index is 434. The van der Waals surface area contributed by atoms with Crippen LogP contribution in [-0.2, 0) is 14.3 Å². The van der Waals surface area contributed by atoms with Gasteiger partial charge in [-0.25, -0.2) is 9.18 Å². The Balaban J connectivity index is 3.01. The molecule has 0 fully saturated rings. The molecule has 3 nitrogen and oxygen atoms in total. The number of benzene rings is 1. The van der Waals surface area contributed by atoms with E-state index in [4.69, 9.17) is 23.2 Å². The van der Waals surface area contributed by atoms with Crippen LogP contribution in [0.4, 0.5) is 4.39 Å². The summed E-state index contributed by atoms with van der Waals surface area (Å²) in [6.07, 6.45) is 0. The van der Waals surface area contributed by atoms with Crippen LogP contribution in [0, 0.1) is 5.82 Å². The van der Waals surface area contributed by atoms with E-state index < -0.39 is 22.9 Å².